The molecule has 2 heterocycles. The number of hydrogen-bond acceptors (Lipinski definition) is 3. The maximum atomic E-state index is 12.0. The topological polar surface area (TPSA) is 60.9 Å². The Labute approximate surface area is 114 Å². The van der Waals surface area contributed by atoms with Gasteiger partial charge in [0.1, 0.15) is 0 Å². The highest BCUT2D eigenvalue weighted by Gasteiger charge is 2.25. The summed E-state index contributed by atoms with van der Waals surface area (Å²) >= 11 is 0. The minimum absolute atomic E-state index is 0.167. The summed E-state index contributed by atoms with van der Waals surface area (Å²) in [5.74, 6) is 0.660. The summed E-state index contributed by atoms with van der Waals surface area (Å²) in [4.78, 5) is 27.3. The lowest BCUT2D eigenvalue weighted by Crippen LogP contribution is -2.36. The van der Waals surface area contributed by atoms with E-state index >= 15 is 0 Å². The SMILES string of the molecule is O=C1CCCCN1CCCC(=O)N1CCC(CO)C1. The largest absolute Gasteiger partial charge is 0.396 e. The molecule has 1 unspecified atom stereocenters. The summed E-state index contributed by atoms with van der Waals surface area (Å²) in [6.07, 6.45) is 4.94. The van der Waals surface area contributed by atoms with Crippen LogP contribution in [0.5, 0.6) is 0 Å². The Hall–Kier alpha value is -1.10. The smallest absolute Gasteiger partial charge is 0.222 e. The molecule has 1 atom stereocenters. The molecule has 0 saturated carbocycles. The van der Waals surface area contributed by atoms with Crippen LogP contribution in [-0.2, 0) is 9.59 Å². The summed E-state index contributed by atoms with van der Waals surface area (Å²) in [6.45, 7) is 3.20. The van der Waals surface area contributed by atoms with E-state index in [0.29, 0.717) is 25.9 Å². The molecule has 5 nitrogen and oxygen atoms in total. The number of rotatable bonds is 5. The van der Waals surface area contributed by atoms with Gasteiger partial charge in [0.2, 0.25) is 11.8 Å². The molecule has 2 saturated heterocycles. The van der Waals surface area contributed by atoms with Gasteiger partial charge in [-0.05, 0) is 25.7 Å². The molecular weight excluding hydrogens is 244 g/mol. The zero-order valence-corrected chi connectivity index (χ0v) is 11.5. The number of amides is 2. The van der Waals surface area contributed by atoms with E-state index in [-0.39, 0.29) is 24.3 Å². The highest BCUT2D eigenvalue weighted by Crippen LogP contribution is 2.17. The number of piperidine rings is 1. The first-order valence-corrected chi connectivity index (χ1v) is 7.37. The van der Waals surface area contributed by atoms with Crippen LogP contribution in [0.1, 0.15) is 38.5 Å². The molecule has 0 radical (unpaired) electrons. The molecule has 108 valence electrons. The fourth-order valence-electron chi connectivity index (χ4n) is 2.89. The van der Waals surface area contributed by atoms with Gasteiger partial charge in [0, 0.05) is 51.5 Å². The van der Waals surface area contributed by atoms with Crippen LogP contribution in [-0.4, -0.2) is 59.5 Å². The Morgan fingerprint density at radius 2 is 2.16 bits per heavy atom. The van der Waals surface area contributed by atoms with E-state index in [1.807, 2.05) is 9.80 Å². The molecule has 0 bridgehead atoms. The first-order valence-electron chi connectivity index (χ1n) is 7.37. The number of carbonyl (C=O) groups is 2. The summed E-state index contributed by atoms with van der Waals surface area (Å²) in [5.41, 5.74) is 0. The third-order valence-electron chi connectivity index (χ3n) is 4.14. The number of aliphatic hydroxyl groups excluding tert-OH is 1. The van der Waals surface area contributed by atoms with Crippen LogP contribution in [0.2, 0.25) is 0 Å². The number of hydrogen-bond donors (Lipinski definition) is 1. The van der Waals surface area contributed by atoms with Gasteiger partial charge in [0.25, 0.3) is 0 Å². The third-order valence-corrected chi connectivity index (χ3v) is 4.14. The molecule has 2 fully saturated rings. The standard InChI is InChI=1S/C14H24N2O3/c17-11-12-6-9-16(10-12)14(19)5-3-8-15-7-2-1-4-13(15)18/h12,17H,1-11H2. The lowest BCUT2D eigenvalue weighted by atomic mass is 10.1. The van der Waals surface area contributed by atoms with Crippen molar-refractivity contribution in [1.82, 2.24) is 9.80 Å². The van der Waals surface area contributed by atoms with Crippen molar-refractivity contribution in [3.05, 3.63) is 0 Å². The van der Waals surface area contributed by atoms with Crippen molar-refractivity contribution in [2.75, 3.05) is 32.8 Å². The summed E-state index contributed by atoms with van der Waals surface area (Å²) in [5, 5.41) is 9.06. The second-order valence-corrected chi connectivity index (χ2v) is 5.62. The van der Waals surface area contributed by atoms with Crippen molar-refractivity contribution in [2.24, 2.45) is 5.92 Å². The molecule has 2 rings (SSSR count). The first-order chi connectivity index (χ1) is 9.20. The van der Waals surface area contributed by atoms with Gasteiger partial charge >= 0.3 is 0 Å². The minimum Gasteiger partial charge on any atom is -0.396 e. The molecule has 0 spiro atoms. The van der Waals surface area contributed by atoms with Gasteiger partial charge in [-0.25, -0.2) is 0 Å². The van der Waals surface area contributed by atoms with Crippen LogP contribution in [0.3, 0.4) is 0 Å². The summed E-state index contributed by atoms with van der Waals surface area (Å²) in [7, 11) is 0. The van der Waals surface area contributed by atoms with Crippen LogP contribution in [0, 0.1) is 5.92 Å². The van der Waals surface area contributed by atoms with E-state index in [4.69, 9.17) is 5.11 Å². The van der Waals surface area contributed by atoms with Gasteiger partial charge in [-0.1, -0.05) is 0 Å². The molecule has 0 aromatic heterocycles. The quantitative estimate of drug-likeness (QED) is 0.795. The van der Waals surface area contributed by atoms with E-state index in [2.05, 4.69) is 0 Å². The number of carbonyl (C=O) groups excluding carboxylic acids is 2. The first kappa shape index (κ1) is 14.3. The maximum Gasteiger partial charge on any atom is 0.222 e. The van der Waals surface area contributed by atoms with Crippen LogP contribution in [0.4, 0.5) is 0 Å². The van der Waals surface area contributed by atoms with Crippen LogP contribution in [0.25, 0.3) is 0 Å². The molecule has 5 heteroatoms. The minimum atomic E-state index is 0.167. The normalized spacial score (nSPS) is 24.1. The van der Waals surface area contributed by atoms with Crippen LogP contribution < -0.4 is 0 Å². The predicted octanol–water partition coefficient (Wildman–Crippen LogP) is 0.620. The summed E-state index contributed by atoms with van der Waals surface area (Å²) in [6, 6.07) is 0. The van der Waals surface area contributed by atoms with Gasteiger partial charge in [0.15, 0.2) is 0 Å². The Bertz CT molecular complexity index is 333. The van der Waals surface area contributed by atoms with Gasteiger partial charge < -0.3 is 14.9 Å². The molecular formula is C14H24N2O3. The third kappa shape index (κ3) is 3.93. The van der Waals surface area contributed by atoms with E-state index in [1.54, 1.807) is 0 Å². The number of nitrogens with zero attached hydrogens (tertiary/aromatic N) is 2. The van der Waals surface area contributed by atoms with Crippen molar-refractivity contribution >= 4 is 11.8 Å². The zero-order chi connectivity index (χ0) is 13.7. The molecule has 0 aliphatic carbocycles. The zero-order valence-electron chi connectivity index (χ0n) is 11.5. The second-order valence-electron chi connectivity index (χ2n) is 5.62. The van der Waals surface area contributed by atoms with Gasteiger partial charge in [-0.2, -0.15) is 0 Å². The Kier molecular flexibility index (Phi) is 5.19. The fraction of sp³-hybridized carbons (Fsp3) is 0.857. The molecule has 2 amide bonds. The van der Waals surface area contributed by atoms with Gasteiger partial charge in [-0.15, -0.1) is 0 Å². The van der Waals surface area contributed by atoms with Crippen molar-refractivity contribution in [2.45, 2.75) is 38.5 Å². The van der Waals surface area contributed by atoms with Crippen LogP contribution in [0.15, 0.2) is 0 Å². The fourth-order valence-corrected chi connectivity index (χ4v) is 2.89. The second kappa shape index (κ2) is 6.89. The van der Waals surface area contributed by atoms with Crippen molar-refractivity contribution < 1.29 is 14.7 Å². The van der Waals surface area contributed by atoms with Crippen molar-refractivity contribution in [3.63, 3.8) is 0 Å². The van der Waals surface area contributed by atoms with Gasteiger partial charge in [-0.3, -0.25) is 9.59 Å². The molecule has 1 N–H and O–H groups in total. The highest BCUT2D eigenvalue weighted by atomic mass is 16.3. The Morgan fingerprint density at radius 3 is 2.84 bits per heavy atom. The van der Waals surface area contributed by atoms with E-state index in [0.717, 1.165) is 38.8 Å². The van der Waals surface area contributed by atoms with Crippen molar-refractivity contribution in [3.8, 4) is 0 Å². The lowest BCUT2D eigenvalue weighted by molar-refractivity contribution is -0.134. The lowest BCUT2D eigenvalue weighted by Gasteiger charge is -2.26. The Balaban J connectivity index is 1.65. The number of likely N-dealkylation sites (tertiary alicyclic amines) is 2. The average Bonchev–Trinajstić information content (AvgIpc) is 2.90. The van der Waals surface area contributed by atoms with Crippen LogP contribution >= 0.6 is 0 Å². The monoisotopic (exact) mass is 268 g/mol. The molecule has 2 aliphatic heterocycles. The van der Waals surface area contributed by atoms with E-state index in [1.165, 1.54) is 0 Å². The predicted molar refractivity (Wildman–Crippen MR) is 71.4 cm³/mol. The molecule has 19 heavy (non-hydrogen) atoms. The van der Waals surface area contributed by atoms with Crippen molar-refractivity contribution in [1.29, 1.82) is 0 Å². The molecule has 0 aromatic carbocycles. The average molecular weight is 268 g/mol. The molecule has 0 aromatic rings. The summed E-state index contributed by atoms with van der Waals surface area (Å²) < 4.78 is 0. The number of aliphatic hydroxyl groups is 1. The maximum absolute atomic E-state index is 12.0. The Morgan fingerprint density at radius 1 is 1.32 bits per heavy atom. The molecule has 2 aliphatic rings. The van der Waals surface area contributed by atoms with E-state index in [9.17, 15) is 9.59 Å². The van der Waals surface area contributed by atoms with E-state index < -0.39 is 0 Å². The van der Waals surface area contributed by atoms with Gasteiger partial charge in [0.05, 0.1) is 0 Å². The highest BCUT2D eigenvalue weighted by molar-refractivity contribution is 5.77.